The number of sulfone groups is 1. The van der Waals surface area contributed by atoms with Crippen LogP contribution in [-0.2, 0) is 14.6 Å². The van der Waals surface area contributed by atoms with Gasteiger partial charge >= 0.3 is 0 Å². The lowest BCUT2D eigenvalue weighted by Gasteiger charge is -2.35. The van der Waals surface area contributed by atoms with E-state index in [1.54, 1.807) is 12.1 Å². The number of hydrogen-bond acceptors (Lipinski definition) is 5. The van der Waals surface area contributed by atoms with E-state index in [1.165, 1.54) is 6.26 Å². The van der Waals surface area contributed by atoms with Crippen LogP contribution in [0.4, 0.5) is 5.69 Å². The monoisotopic (exact) mass is 340 g/mol. The van der Waals surface area contributed by atoms with Crippen LogP contribution in [0.25, 0.3) is 0 Å². The maximum absolute atomic E-state index is 11.8. The van der Waals surface area contributed by atoms with E-state index in [1.807, 2.05) is 12.1 Å². The zero-order valence-corrected chi connectivity index (χ0v) is 15.1. The summed E-state index contributed by atoms with van der Waals surface area (Å²) >= 11 is 0. The summed E-state index contributed by atoms with van der Waals surface area (Å²) < 4.78 is 29.2. The van der Waals surface area contributed by atoms with Gasteiger partial charge in [-0.05, 0) is 45.4 Å². The maximum atomic E-state index is 11.8. The minimum absolute atomic E-state index is 0.304. The Labute approximate surface area is 139 Å². The van der Waals surface area contributed by atoms with Gasteiger partial charge in [0.05, 0.1) is 22.8 Å². The molecule has 130 valence electrons. The van der Waals surface area contributed by atoms with Gasteiger partial charge in [0, 0.05) is 25.9 Å². The number of ether oxygens (including phenoxy) is 1. The van der Waals surface area contributed by atoms with Crippen LogP contribution < -0.4 is 5.32 Å². The molecule has 0 spiro atoms. The van der Waals surface area contributed by atoms with Gasteiger partial charge < -0.3 is 10.1 Å². The molecule has 1 heterocycles. The van der Waals surface area contributed by atoms with Crippen molar-refractivity contribution in [3.05, 3.63) is 24.3 Å². The van der Waals surface area contributed by atoms with Gasteiger partial charge in [-0.3, -0.25) is 4.90 Å². The second-order valence-electron chi connectivity index (χ2n) is 6.42. The highest BCUT2D eigenvalue weighted by Gasteiger charge is 2.21. The Morgan fingerprint density at radius 2 is 1.83 bits per heavy atom. The lowest BCUT2D eigenvalue weighted by atomic mass is 10.2. The molecule has 1 saturated heterocycles. The SMILES string of the molecule is C[C@@H]1CN(CCCCNc2ccccc2S(C)(=O)=O)C[C@@H](C)O1. The summed E-state index contributed by atoms with van der Waals surface area (Å²) in [6, 6.07) is 7.08. The zero-order valence-electron chi connectivity index (χ0n) is 14.3. The molecule has 1 fully saturated rings. The van der Waals surface area contributed by atoms with Crippen molar-refractivity contribution in [2.45, 2.75) is 43.8 Å². The van der Waals surface area contributed by atoms with E-state index in [0.29, 0.717) is 22.8 Å². The molecule has 5 nitrogen and oxygen atoms in total. The topological polar surface area (TPSA) is 58.6 Å². The number of hydrogen-bond donors (Lipinski definition) is 1. The molecule has 1 aliphatic heterocycles. The van der Waals surface area contributed by atoms with E-state index in [9.17, 15) is 8.42 Å². The lowest BCUT2D eigenvalue weighted by Crippen LogP contribution is -2.45. The van der Waals surface area contributed by atoms with Gasteiger partial charge in [-0.25, -0.2) is 8.42 Å². The molecule has 23 heavy (non-hydrogen) atoms. The highest BCUT2D eigenvalue weighted by Crippen LogP contribution is 2.20. The minimum Gasteiger partial charge on any atom is -0.384 e. The molecular formula is C17H28N2O3S. The zero-order chi connectivity index (χ0) is 16.9. The van der Waals surface area contributed by atoms with Crippen molar-refractivity contribution in [2.75, 3.05) is 37.8 Å². The third-order valence-corrected chi connectivity index (χ3v) is 5.15. The summed E-state index contributed by atoms with van der Waals surface area (Å²) in [7, 11) is -3.19. The first-order valence-electron chi connectivity index (χ1n) is 8.27. The maximum Gasteiger partial charge on any atom is 0.177 e. The number of unbranched alkanes of at least 4 members (excludes halogenated alkanes) is 1. The first-order valence-corrected chi connectivity index (χ1v) is 10.2. The molecule has 1 aromatic rings. The van der Waals surface area contributed by atoms with Gasteiger partial charge in [-0.1, -0.05) is 12.1 Å². The summed E-state index contributed by atoms with van der Waals surface area (Å²) in [5, 5.41) is 3.25. The van der Waals surface area contributed by atoms with Crippen molar-refractivity contribution in [1.82, 2.24) is 4.90 Å². The summed E-state index contributed by atoms with van der Waals surface area (Å²) in [6.07, 6.45) is 3.96. The summed E-state index contributed by atoms with van der Waals surface area (Å²) in [5.74, 6) is 0. The molecule has 0 radical (unpaired) electrons. The Morgan fingerprint density at radius 1 is 1.17 bits per heavy atom. The van der Waals surface area contributed by atoms with Crippen molar-refractivity contribution < 1.29 is 13.2 Å². The second-order valence-corrected chi connectivity index (χ2v) is 8.40. The molecule has 0 unspecified atom stereocenters. The molecule has 6 heteroatoms. The summed E-state index contributed by atoms with van der Waals surface area (Å²) in [6.45, 7) is 8.07. The van der Waals surface area contributed by atoms with Crippen LogP contribution in [0.3, 0.4) is 0 Å². The van der Waals surface area contributed by atoms with Crippen molar-refractivity contribution in [1.29, 1.82) is 0 Å². The van der Waals surface area contributed by atoms with E-state index in [2.05, 4.69) is 24.1 Å². The number of rotatable bonds is 7. The minimum atomic E-state index is -3.19. The van der Waals surface area contributed by atoms with Crippen LogP contribution in [0.5, 0.6) is 0 Å². The predicted molar refractivity (Wildman–Crippen MR) is 93.7 cm³/mol. The van der Waals surface area contributed by atoms with Gasteiger partial charge in [0.1, 0.15) is 0 Å². The Morgan fingerprint density at radius 3 is 2.48 bits per heavy atom. The van der Waals surface area contributed by atoms with E-state index >= 15 is 0 Å². The van der Waals surface area contributed by atoms with Gasteiger partial charge in [0.2, 0.25) is 0 Å². The third kappa shape index (κ3) is 5.79. The largest absolute Gasteiger partial charge is 0.384 e. The Balaban J connectivity index is 1.74. The van der Waals surface area contributed by atoms with Crippen LogP contribution >= 0.6 is 0 Å². The molecule has 0 aromatic heterocycles. The van der Waals surface area contributed by atoms with Crippen molar-refractivity contribution >= 4 is 15.5 Å². The van der Waals surface area contributed by atoms with Crippen molar-refractivity contribution in [3.63, 3.8) is 0 Å². The lowest BCUT2D eigenvalue weighted by molar-refractivity contribution is -0.0681. The van der Waals surface area contributed by atoms with Crippen LogP contribution in [-0.4, -0.2) is 58.0 Å². The molecule has 0 aliphatic carbocycles. The fraction of sp³-hybridized carbons (Fsp3) is 0.647. The molecule has 2 atom stereocenters. The molecule has 1 N–H and O–H groups in total. The van der Waals surface area contributed by atoms with Crippen LogP contribution in [0.1, 0.15) is 26.7 Å². The highest BCUT2D eigenvalue weighted by molar-refractivity contribution is 7.90. The first kappa shape index (κ1) is 18.2. The molecule has 1 aliphatic rings. The predicted octanol–water partition coefficient (Wildman–Crippen LogP) is 2.39. The fourth-order valence-electron chi connectivity index (χ4n) is 3.09. The Bertz CT molecular complexity index is 594. The van der Waals surface area contributed by atoms with E-state index in [-0.39, 0.29) is 0 Å². The molecule has 1 aromatic carbocycles. The number of benzene rings is 1. The number of anilines is 1. The summed E-state index contributed by atoms with van der Waals surface area (Å²) in [5.41, 5.74) is 0.698. The molecule has 0 bridgehead atoms. The molecule has 0 amide bonds. The molecule has 2 rings (SSSR count). The van der Waals surface area contributed by atoms with Gasteiger partial charge in [-0.15, -0.1) is 0 Å². The number of nitrogens with one attached hydrogen (secondary N) is 1. The standard InChI is InChI=1S/C17H28N2O3S/c1-14-12-19(13-15(2)22-14)11-7-6-10-18-16-8-4-5-9-17(16)23(3,20)21/h4-5,8-9,14-15,18H,6-7,10-13H2,1-3H3/t14-,15-/m1/s1. The smallest absolute Gasteiger partial charge is 0.177 e. The van der Waals surface area contributed by atoms with Crippen molar-refractivity contribution in [2.24, 2.45) is 0 Å². The summed E-state index contributed by atoms with van der Waals surface area (Å²) in [4.78, 5) is 2.82. The average molecular weight is 340 g/mol. The van der Waals surface area contributed by atoms with Crippen LogP contribution in [0, 0.1) is 0 Å². The van der Waals surface area contributed by atoms with Crippen molar-refractivity contribution in [3.8, 4) is 0 Å². The number of nitrogens with zero attached hydrogens (tertiary/aromatic N) is 1. The van der Waals surface area contributed by atoms with E-state index in [0.717, 1.165) is 39.0 Å². The number of para-hydroxylation sites is 1. The van der Waals surface area contributed by atoms with Crippen LogP contribution in [0.2, 0.25) is 0 Å². The first-order chi connectivity index (χ1) is 10.9. The number of morpholine rings is 1. The van der Waals surface area contributed by atoms with Gasteiger partial charge in [0.25, 0.3) is 0 Å². The molecule has 0 saturated carbocycles. The highest BCUT2D eigenvalue weighted by atomic mass is 32.2. The Kier molecular flexibility index (Phi) is 6.44. The van der Waals surface area contributed by atoms with Crippen LogP contribution in [0.15, 0.2) is 29.2 Å². The quantitative estimate of drug-likeness (QED) is 0.773. The fourth-order valence-corrected chi connectivity index (χ4v) is 3.95. The Hall–Kier alpha value is -1.11. The normalized spacial score (nSPS) is 22.9. The van der Waals surface area contributed by atoms with Gasteiger partial charge in [0.15, 0.2) is 9.84 Å². The second kappa shape index (κ2) is 8.13. The molecular weight excluding hydrogens is 312 g/mol. The average Bonchev–Trinajstić information content (AvgIpc) is 2.45. The van der Waals surface area contributed by atoms with E-state index in [4.69, 9.17) is 4.74 Å². The van der Waals surface area contributed by atoms with Gasteiger partial charge in [-0.2, -0.15) is 0 Å². The third-order valence-electron chi connectivity index (χ3n) is 4.00. The van der Waals surface area contributed by atoms with E-state index < -0.39 is 9.84 Å².